The molecule has 4 N–H and O–H groups in total. The lowest BCUT2D eigenvalue weighted by Gasteiger charge is -2.11. The topological polar surface area (TPSA) is 121 Å². The van der Waals surface area contributed by atoms with Gasteiger partial charge >= 0.3 is 0 Å². The molecule has 0 bridgehead atoms. The largest absolute Gasteiger partial charge is 0.447 e. The standard InChI is InChI=1S/C11H20N2O6S/c1-18-5-4-12-6-10-2-3-11(19-10)20(16,17)13-9(7-14)8-15/h2-3,9,12-15H,4-8H2,1H3. The lowest BCUT2D eigenvalue weighted by molar-refractivity contribution is 0.184. The van der Waals surface area contributed by atoms with Gasteiger partial charge in [-0.05, 0) is 12.1 Å². The van der Waals surface area contributed by atoms with Crippen LogP contribution in [0.15, 0.2) is 21.6 Å². The summed E-state index contributed by atoms with van der Waals surface area (Å²) in [4.78, 5) is 0. The highest BCUT2D eigenvalue weighted by Crippen LogP contribution is 2.14. The van der Waals surface area contributed by atoms with Gasteiger partial charge in [-0.2, -0.15) is 0 Å². The minimum Gasteiger partial charge on any atom is -0.447 e. The van der Waals surface area contributed by atoms with Crippen molar-refractivity contribution in [3.63, 3.8) is 0 Å². The van der Waals surface area contributed by atoms with Crippen LogP contribution in [0.4, 0.5) is 0 Å². The van der Waals surface area contributed by atoms with Crippen molar-refractivity contribution in [2.45, 2.75) is 17.7 Å². The number of furan rings is 1. The number of ether oxygens (including phenoxy) is 1. The number of aliphatic hydroxyl groups excluding tert-OH is 2. The van der Waals surface area contributed by atoms with E-state index in [1.807, 2.05) is 0 Å². The van der Waals surface area contributed by atoms with Gasteiger partial charge in [0.05, 0.1) is 32.4 Å². The van der Waals surface area contributed by atoms with Crippen LogP contribution in [0, 0.1) is 0 Å². The van der Waals surface area contributed by atoms with Gasteiger partial charge in [0.25, 0.3) is 10.0 Å². The van der Waals surface area contributed by atoms with E-state index in [4.69, 9.17) is 19.4 Å². The molecule has 0 aromatic carbocycles. The van der Waals surface area contributed by atoms with E-state index in [9.17, 15) is 8.42 Å². The van der Waals surface area contributed by atoms with Gasteiger partial charge in [0, 0.05) is 13.7 Å². The fourth-order valence-electron chi connectivity index (χ4n) is 1.39. The highest BCUT2D eigenvalue weighted by Gasteiger charge is 2.22. The van der Waals surface area contributed by atoms with Crippen LogP contribution in [0.5, 0.6) is 0 Å². The number of rotatable bonds is 10. The summed E-state index contributed by atoms with van der Waals surface area (Å²) in [5.74, 6) is 0.464. The molecule has 0 fully saturated rings. The van der Waals surface area contributed by atoms with Gasteiger partial charge in [0.1, 0.15) is 5.76 Å². The Hall–Kier alpha value is -0.970. The average molecular weight is 308 g/mol. The Labute approximate surface area is 117 Å². The number of hydrogen-bond donors (Lipinski definition) is 4. The lowest BCUT2D eigenvalue weighted by Crippen LogP contribution is -2.39. The molecule has 0 aliphatic heterocycles. The zero-order valence-electron chi connectivity index (χ0n) is 11.2. The van der Waals surface area contributed by atoms with E-state index in [0.29, 0.717) is 25.5 Å². The van der Waals surface area contributed by atoms with Crippen LogP contribution in [-0.4, -0.2) is 58.1 Å². The molecule has 0 aliphatic carbocycles. The van der Waals surface area contributed by atoms with Gasteiger partial charge in [-0.3, -0.25) is 0 Å². The Morgan fingerprint density at radius 2 is 2.05 bits per heavy atom. The highest BCUT2D eigenvalue weighted by molar-refractivity contribution is 7.89. The van der Waals surface area contributed by atoms with Crippen molar-refractivity contribution in [3.05, 3.63) is 17.9 Å². The molecule has 0 saturated heterocycles. The molecule has 0 aliphatic rings. The summed E-state index contributed by atoms with van der Waals surface area (Å²) in [6.45, 7) is 0.544. The Bertz CT molecular complexity index is 483. The van der Waals surface area contributed by atoms with E-state index in [1.165, 1.54) is 6.07 Å². The summed E-state index contributed by atoms with van der Waals surface area (Å²) >= 11 is 0. The molecule has 0 radical (unpaired) electrons. The molecule has 8 nitrogen and oxygen atoms in total. The van der Waals surface area contributed by atoms with Crippen LogP contribution in [0.3, 0.4) is 0 Å². The summed E-state index contributed by atoms with van der Waals surface area (Å²) in [5, 5.41) is 20.5. The molecule has 0 spiro atoms. The molecule has 1 aromatic rings. The molecule has 0 unspecified atom stereocenters. The van der Waals surface area contributed by atoms with Gasteiger partial charge in [-0.15, -0.1) is 0 Å². The molecular weight excluding hydrogens is 288 g/mol. The van der Waals surface area contributed by atoms with Crippen LogP contribution >= 0.6 is 0 Å². The summed E-state index contributed by atoms with van der Waals surface area (Å²) in [6.07, 6.45) is 0. The van der Waals surface area contributed by atoms with Gasteiger partial charge < -0.3 is 24.7 Å². The minimum absolute atomic E-state index is 0.257. The maximum Gasteiger partial charge on any atom is 0.274 e. The summed E-state index contributed by atoms with van der Waals surface area (Å²) in [5.41, 5.74) is 0. The number of nitrogens with one attached hydrogen (secondary N) is 2. The van der Waals surface area contributed by atoms with Crippen molar-refractivity contribution >= 4 is 10.0 Å². The molecule has 1 aromatic heterocycles. The Balaban J connectivity index is 2.61. The van der Waals surface area contributed by atoms with E-state index >= 15 is 0 Å². The average Bonchev–Trinajstić information content (AvgIpc) is 2.90. The SMILES string of the molecule is COCCNCc1ccc(S(=O)(=O)NC(CO)CO)o1. The van der Waals surface area contributed by atoms with Gasteiger partial charge in [-0.1, -0.05) is 0 Å². The zero-order valence-corrected chi connectivity index (χ0v) is 12.0. The molecule has 1 rings (SSSR count). The van der Waals surface area contributed by atoms with Crippen molar-refractivity contribution < 1.29 is 27.8 Å². The molecule has 0 atom stereocenters. The van der Waals surface area contributed by atoms with E-state index in [-0.39, 0.29) is 5.09 Å². The zero-order chi connectivity index (χ0) is 15.0. The monoisotopic (exact) mass is 308 g/mol. The maximum atomic E-state index is 11.9. The third-order valence-electron chi connectivity index (χ3n) is 2.45. The van der Waals surface area contributed by atoms with Crippen molar-refractivity contribution in [1.29, 1.82) is 0 Å². The van der Waals surface area contributed by atoms with E-state index in [0.717, 1.165) is 0 Å². The lowest BCUT2D eigenvalue weighted by atomic mass is 10.4. The Morgan fingerprint density at radius 3 is 2.65 bits per heavy atom. The fourth-order valence-corrected chi connectivity index (χ4v) is 2.56. The second kappa shape index (κ2) is 8.35. The van der Waals surface area contributed by atoms with Crippen LogP contribution in [0.2, 0.25) is 0 Å². The summed E-state index contributed by atoms with van der Waals surface area (Å²) in [7, 11) is -2.30. The van der Waals surface area contributed by atoms with Crippen molar-refractivity contribution in [1.82, 2.24) is 10.0 Å². The molecule has 0 saturated carbocycles. The molecule has 20 heavy (non-hydrogen) atoms. The molecule has 116 valence electrons. The normalized spacial score (nSPS) is 12.2. The number of methoxy groups -OCH3 is 1. The third kappa shape index (κ3) is 5.19. The van der Waals surface area contributed by atoms with E-state index in [2.05, 4.69) is 10.0 Å². The van der Waals surface area contributed by atoms with E-state index in [1.54, 1.807) is 13.2 Å². The van der Waals surface area contributed by atoms with Crippen molar-refractivity contribution in [2.75, 3.05) is 33.5 Å². The first-order valence-corrected chi connectivity index (χ1v) is 7.54. The van der Waals surface area contributed by atoms with Crippen LogP contribution < -0.4 is 10.0 Å². The van der Waals surface area contributed by atoms with Crippen LogP contribution in [0.25, 0.3) is 0 Å². The quantitative estimate of drug-likeness (QED) is 0.394. The Kier molecular flexibility index (Phi) is 7.13. The Morgan fingerprint density at radius 1 is 1.35 bits per heavy atom. The molecule has 1 heterocycles. The van der Waals surface area contributed by atoms with E-state index < -0.39 is 29.3 Å². The summed E-state index contributed by atoms with van der Waals surface area (Å²) < 4.78 is 36.0. The van der Waals surface area contributed by atoms with Crippen molar-refractivity contribution in [3.8, 4) is 0 Å². The number of hydrogen-bond acceptors (Lipinski definition) is 7. The first kappa shape index (κ1) is 17.1. The molecule has 0 amide bonds. The smallest absolute Gasteiger partial charge is 0.274 e. The third-order valence-corrected chi connectivity index (χ3v) is 3.84. The van der Waals surface area contributed by atoms with Gasteiger partial charge in [0.2, 0.25) is 5.09 Å². The highest BCUT2D eigenvalue weighted by atomic mass is 32.2. The first-order chi connectivity index (χ1) is 9.53. The number of aliphatic hydroxyl groups is 2. The van der Waals surface area contributed by atoms with Crippen LogP contribution in [0.1, 0.15) is 5.76 Å². The first-order valence-electron chi connectivity index (χ1n) is 6.06. The van der Waals surface area contributed by atoms with Crippen LogP contribution in [-0.2, 0) is 21.3 Å². The van der Waals surface area contributed by atoms with Crippen molar-refractivity contribution in [2.24, 2.45) is 0 Å². The molecular formula is C11H20N2O6S. The number of sulfonamides is 1. The second-order valence-electron chi connectivity index (χ2n) is 4.07. The fraction of sp³-hybridized carbons (Fsp3) is 0.636. The second-order valence-corrected chi connectivity index (χ2v) is 5.72. The predicted molar refractivity (Wildman–Crippen MR) is 70.6 cm³/mol. The maximum absolute atomic E-state index is 11.9. The summed E-state index contributed by atoms with van der Waals surface area (Å²) in [6, 6.07) is 1.91. The van der Waals surface area contributed by atoms with Gasteiger partial charge in [0.15, 0.2) is 0 Å². The van der Waals surface area contributed by atoms with Gasteiger partial charge in [-0.25, -0.2) is 13.1 Å². The minimum atomic E-state index is -3.89. The predicted octanol–water partition coefficient (Wildman–Crippen LogP) is -1.35. The molecule has 9 heteroatoms.